The normalized spacial score (nSPS) is 10.2. The van der Waals surface area contributed by atoms with Crippen molar-refractivity contribution in [2.45, 2.75) is 6.54 Å². The molecule has 0 bridgehead atoms. The number of carbonyl (C=O) groups is 1. The highest BCUT2D eigenvalue weighted by molar-refractivity contribution is 9.10. The highest BCUT2D eigenvalue weighted by atomic mass is 79.9. The van der Waals surface area contributed by atoms with Crippen molar-refractivity contribution >= 4 is 43.5 Å². The van der Waals surface area contributed by atoms with Crippen LogP contribution in [0.5, 0.6) is 0 Å². The first-order chi connectivity index (χ1) is 9.08. The summed E-state index contributed by atoms with van der Waals surface area (Å²) >= 11 is 6.41. The molecule has 1 N–H and O–H groups in total. The fraction of sp³-hybridized carbons (Fsp3) is 0.0833. The monoisotopic (exact) mass is 385 g/mol. The zero-order valence-corrected chi connectivity index (χ0v) is 12.8. The van der Waals surface area contributed by atoms with Gasteiger partial charge in [0.05, 0.1) is 12.0 Å². The minimum Gasteiger partial charge on any atom is -0.324 e. The maximum atomic E-state index is 11.9. The van der Waals surface area contributed by atoms with E-state index in [1.165, 1.54) is 17.1 Å². The molecule has 0 atom stereocenters. The van der Waals surface area contributed by atoms with Crippen LogP contribution in [0.25, 0.3) is 0 Å². The number of para-hydroxylation sites is 1. The van der Waals surface area contributed by atoms with Gasteiger partial charge in [0.1, 0.15) is 11.0 Å². The lowest BCUT2D eigenvalue weighted by Crippen LogP contribution is -2.28. The lowest BCUT2D eigenvalue weighted by molar-refractivity contribution is -0.116. The van der Waals surface area contributed by atoms with Crippen LogP contribution in [0.3, 0.4) is 0 Å². The highest BCUT2D eigenvalue weighted by Gasteiger charge is 2.08. The molecule has 0 aliphatic carbocycles. The third kappa shape index (κ3) is 3.51. The van der Waals surface area contributed by atoms with Gasteiger partial charge in [0.15, 0.2) is 0 Å². The first-order valence-electron chi connectivity index (χ1n) is 5.32. The van der Waals surface area contributed by atoms with Crippen molar-refractivity contribution in [2.24, 2.45) is 0 Å². The van der Waals surface area contributed by atoms with E-state index in [1.54, 1.807) is 6.07 Å². The molecular formula is C12H9Br2N3O2. The first kappa shape index (κ1) is 14.0. The van der Waals surface area contributed by atoms with E-state index in [2.05, 4.69) is 42.2 Å². The Balaban J connectivity index is 2.12. The summed E-state index contributed by atoms with van der Waals surface area (Å²) in [6.45, 7) is -0.0907. The Hall–Kier alpha value is -1.47. The predicted molar refractivity (Wildman–Crippen MR) is 79.0 cm³/mol. The third-order valence-electron chi connectivity index (χ3n) is 2.32. The standard InChI is InChI=1S/C12H9Br2N3O2/c13-8-3-1-2-4-10(8)16-11(18)6-17-7-15-5-9(14)12(17)19/h1-5,7H,6H2,(H,16,18). The van der Waals surface area contributed by atoms with Crippen LogP contribution in [0.2, 0.25) is 0 Å². The zero-order valence-electron chi connectivity index (χ0n) is 9.64. The molecule has 0 saturated heterocycles. The van der Waals surface area contributed by atoms with Crippen LogP contribution in [-0.2, 0) is 11.3 Å². The van der Waals surface area contributed by atoms with Gasteiger partial charge in [-0.05, 0) is 44.0 Å². The van der Waals surface area contributed by atoms with E-state index in [1.807, 2.05) is 18.2 Å². The maximum absolute atomic E-state index is 11.9. The quantitative estimate of drug-likeness (QED) is 0.880. The fourth-order valence-electron chi connectivity index (χ4n) is 1.44. The number of hydrogen-bond donors (Lipinski definition) is 1. The number of carbonyl (C=O) groups excluding carboxylic acids is 1. The van der Waals surface area contributed by atoms with Gasteiger partial charge in [-0.25, -0.2) is 4.98 Å². The smallest absolute Gasteiger partial charge is 0.268 e. The highest BCUT2D eigenvalue weighted by Crippen LogP contribution is 2.20. The van der Waals surface area contributed by atoms with E-state index < -0.39 is 0 Å². The fourth-order valence-corrected chi connectivity index (χ4v) is 2.17. The molecule has 1 aromatic carbocycles. The molecule has 98 valence electrons. The summed E-state index contributed by atoms with van der Waals surface area (Å²) < 4.78 is 2.34. The zero-order chi connectivity index (χ0) is 13.8. The predicted octanol–water partition coefficient (Wildman–Crippen LogP) is 2.41. The molecule has 5 nitrogen and oxygen atoms in total. The van der Waals surface area contributed by atoms with E-state index in [-0.39, 0.29) is 18.0 Å². The van der Waals surface area contributed by atoms with E-state index >= 15 is 0 Å². The molecule has 1 amide bonds. The van der Waals surface area contributed by atoms with Crippen molar-refractivity contribution in [3.05, 3.63) is 56.1 Å². The second-order valence-corrected chi connectivity index (χ2v) is 5.41. The Kier molecular flexibility index (Phi) is 4.49. The molecule has 7 heteroatoms. The Labute approximate surface area is 125 Å². The van der Waals surface area contributed by atoms with Gasteiger partial charge in [-0.15, -0.1) is 0 Å². The van der Waals surface area contributed by atoms with Crippen LogP contribution < -0.4 is 10.9 Å². The Morgan fingerprint density at radius 2 is 2.00 bits per heavy atom. The minimum absolute atomic E-state index is 0.0907. The van der Waals surface area contributed by atoms with Gasteiger partial charge in [0.2, 0.25) is 5.91 Å². The van der Waals surface area contributed by atoms with Crippen molar-refractivity contribution in [3.8, 4) is 0 Å². The maximum Gasteiger partial charge on any atom is 0.268 e. The largest absolute Gasteiger partial charge is 0.324 e. The Morgan fingerprint density at radius 1 is 1.26 bits per heavy atom. The van der Waals surface area contributed by atoms with Crippen LogP contribution in [0, 0.1) is 0 Å². The van der Waals surface area contributed by atoms with Crippen LogP contribution in [-0.4, -0.2) is 15.5 Å². The van der Waals surface area contributed by atoms with Crippen LogP contribution in [0.15, 0.2) is 50.5 Å². The van der Waals surface area contributed by atoms with Crippen molar-refractivity contribution in [1.29, 1.82) is 0 Å². The molecule has 1 heterocycles. The average Bonchev–Trinajstić information content (AvgIpc) is 2.38. The molecule has 0 unspecified atom stereocenters. The number of aromatic nitrogens is 2. The molecule has 19 heavy (non-hydrogen) atoms. The Morgan fingerprint density at radius 3 is 2.74 bits per heavy atom. The number of rotatable bonds is 3. The molecule has 2 aromatic rings. The van der Waals surface area contributed by atoms with Gasteiger partial charge < -0.3 is 5.32 Å². The van der Waals surface area contributed by atoms with Gasteiger partial charge in [-0.3, -0.25) is 14.2 Å². The van der Waals surface area contributed by atoms with Crippen molar-refractivity contribution in [2.75, 3.05) is 5.32 Å². The lowest BCUT2D eigenvalue weighted by atomic mass is 10.3. The van der Waals surface area contributed by atoms with E-state index in [0.717, 1.165) is 4.47 Å². The summed E-state index contributed by atoms with van der Waals surface area (Å²) in [5.74, 6) is -0.297. The van der Waals surface area contributed by atoms with Crippen LogP contribution in [0.1, 0.15) is 0 Å². The van der Waals surface area contributed by atoms with E-state index in [9.17, 15) is 9.59 Å². The van der Waals surface area contributed by atoms with E-state index in [4.69, 9.17) is 0 Å². The summed E-state index contributed by atoms with van der Waals surface area (Å²) in [6, 6.07) is 7.25. The molecular weight excluding hydrogens is 378 g/mol. The molecule has 2 rings (SSSR count). The molecule has 0 radical (unpaired) electrons. The second-order valence-electron chi connectivity index (χ2n) is 3.70. The second kappa shape index (κ2) is 6.12. The molecule has 0 aliphatic heterocycles. The van der Waals surface area contributed by atoms with Crippen LogP contribution >= 0.6 is 31.9 Å². The van der Waals surface area contributed by atoms with Crippen molar-refractivity contribution in [3.63, 3.8) is 0 Å². The molecule has 0 fully saturated rings. The Bertz CT molecular complexity index is 670. The minimum atomic E-state index is -0.297. The van der Waals surface area contributed by atoms with Gasteiger partial charge >= 0.3 is 0 Å². The van der Waals surface area contributed by atoms with Gasteiger partial charge in [-0.1, -0.05) is 12.1 Å². The molecule has 0 aliphatic rings. The topological polar surface area (TPSA) is 64.0 Å². The molecule has 1 aromatic heterocycles. The number of halogens is 2. The lowest BCUT2D eigenvalue weighted by Gasteiger charge is -2.08. The van der Waals surface area contributed by atoms with E-state index in [0.29, 0.717) is 10.2 Å². The number of hydrogen-bond acceptors (Lipinski definition) is 3. The van der Waals surface area contributed by atoms with Gasteiger partial charge in [0.25, 0.3) is 5.56 Å². The van der Waals surface area contributed by atoms with Gasteiger partial charge in [-0.2, -0.15) is 0 Å². The number of amides is 1. The average molecular weight is 387 g/mol. The summed E-state index contributed by atoms with van der Waals surface area (Å²) in [6.07, 6.45) is 2.72. The summed E-state index contributed by atoms with van der Waals surface area (Å²) in [5.41, 5.74) is 0.362. The third-order valence-corrected chi connectivity index (χ3v) is 3.56. The summed E-state index contributed by atoms with van der Waals surface area (Å²) in [4.78, 5) is 27.4. The number of nitrogens with one attached hydrogen (secondary N) is 1. The molecule has 0 spiro atoms. The first-order valence-corrected chi connectivity index (χ1v) is 6.91. The number of nitrogens with zero attached hydrogens (tertiary/aromatic N) is 2. The van der Waals surface area contributed by atoms with Crippen molar-refractivity contribution < 1.29 is 4.79 Å². The van der Waals surface area contributed by atoms with Crippen LogP contribution in [0.4, 0.5) is 5.69 Å². The van der Waals surface area contributed by atoms with Crippen molar-refractivity contribution in [1.82, 2.24) is 9.55 Å². The number of anilines is 1. The summed E-state index contributed by atoms with van der Waals surface area (Å²) in [5, 5.41) is 2.72. The SMILES string of the molecule is O=C(Cn1cncc(Br)c1=O)Nc1ccccc1Br. The van der Waals surface area contributed by atoms with Gasteiger partial charge in [0, 0.05) is 10.7 Å². The number of benzene rings is 1. The molecule has 0 saturated carbocycles. The summed E-state index contributed by atoms with van der Waals surface area (Å²) in [7, 11) is 0.